The van der Waals surface area contributed by atoms with Gasteiger partial charge in [-0.3, -0.25) is 13.9 Å². The fourth-order valence-electron chi connectivity index (χ4n) is 4.26. The third-order valence-corrected chi connectivity index (χ3v) is 8.39. The molecule has 0 radical (unpaired) electrons. The Kier molecular flexibility index (Phi) is 11.5. The van der Waals surface area contributed by atoms with Crippen molar-refractivity contribution in [3.8, 4) is 5.75 Å². The second-order valence-corrected chi connectivity index (χ2v) is 12.5. The maximum atomic E-state index is 14.2. The predicted octanol–water partition coefficient (Wildman–Crippen LogP) is 5.32. The minimum Gasteiger partial charge on any atom is -0.495 e. The molecule has 0 aromatic heterocycles. The van der Waals surface area contributed by atoms with Gasteiger partial charge in [0.2, 0.25) is 21.8 Å². The number of ether oxygens (including phenoxy) is 1. The molecule has 0 fully saturated rings. The molecule has 0 aliphatic carbocycles. The van der Waals surface area contributed by atoms with Crippen LogP contribution >= 0.6 is 23.2 Å². The maximum absolute atomic E-state index is 14.2. The Morgan fingerprint density at radius 3 is 2.27 bits per heavy atom. The third kappa shape index (κ3) is 8.86. The lowest BCUT2D eigenvalue weighted by atomic mass is 10.0. The van der Waals surface area contributed by atoms with E-state index in [0.717, 1.165) is 16.1 Å². The van der Waals surface area contributed by atoms with Crippen molar-refractivity contribution >= 4 is 50.7 Å². The molecule has 3 rings (SSSR count). The molecule has 1 N–H and O–H groups in total. The van der Waals surface area contributed by atoms with E-state index in [1.807, 2.05) is 44.2 Å². The van der Waals surface area contributed by atoms with Crippen LogP contribution in [-0.2, 0) is 32.6 Å². The van der Waals surface area contributed by atoms with E-state index < -0.39 is 28.5 Å². The second kappa shape index (κ2) is 14.6. The van der Waals surface area contributed by atoms with E-state index in [1.54, 1.807) is 30.3 Å². The summed E-state index contributed by atoms with van der Waals surface area (Å²) in [5.41, 5.74) is 1.56. The van der Waals surface area contributed by atoms with Gasteiger partial charge >= 0.3 is 0 Å². The molecule has 0 saturated carbocycles. The Labute approximate surface area is 252 Å². The van der Waals surface area contributed by atoms with Gasteiger partial charge in [-0.1, -0.05) is 78.7 Å². The zero-order chi connectivity index (χ0) is 30.2. The predicted molar refractivity (Wildman–Crippen MR) is 164 cm³/mol. The minimum atomic E-state index is -3.98. The number of benzene rings is 3. The number of nitrogens with zero attached hydrogens (tertiary/aromatic N) is 2. The quantitative estimate of drug-likeness (QED) is 0.279. The van der Waals surface area contributed by atoms with Crippen molar-refractivity contribution in [1.82, 2.24) is 10.2 Å². The number of nitrogens with one attached hydrogen (secondary N) is 1. The van der Waals surface area contributed by atoms with Gasteiger partial charge in [0.1, 0.15) is 18.3 Å². The van der Waals surface area contributed by atoms with E-state index in [9.17, 15) is 18.0 Å². The van der Waals surface area contributed by atoms with E-state index in [4.69, 9.17) is 27.9 Å². The SMILES string of the molecule is CC[C@H](C)NC(=O)[C@H](Cc1ccccc1)N(Cc1ccccc1Cl)C(=O)CN(c1cc(Cl)ccc1OC)S(C)(=O)=O. The normalized spacial score (nSPS) is 12.7. The number of hydrogen-bond acceptors (Lipinski definition) is 5. The Morgan fingerprint density at radius 2 is 1.66 bits per heavy atom. The number of sulfonamides is 1. The summed E-state index contributed by atoms with van der Waals surface area (Å²) in [6.07, 6.45) is 1.90. The number of amides is 2. The van der Waals surface area contributed by atoms with Crippen molar-refractivity contribution in [2.45, 2.75) is 45.3 Å². The molecule has 3 aromatic carbocycles. The Morgan fingerprint density at radius 1 is 1.00 bits per heavy atom. The van der Waals surface area contributed by atoms with Gasteiger partial charge in [0.25, 0.3) is 0 Å². The monoisotopic (exact) mass is 619 g/mol. The lowest BCUT2D eigenvalue weighted by Crippen LogP contribution is -2.54. The molecule has 220 valence electrons. The van der Waals surface area contributed by atoms with Gasteiger partial charge in [-0.15, -0.1) is 0 Å². The van der Waals surface area contributed by atoms with Crippen molar-refractivity contribution in [3.05, 3.63) is 94.0 Å². The molecule has 0 bridgehead atoms. The van der Waals surface area contributed by atoms with Crippen LogP contribution in [0.1, 0.15) is 31.4 Å². The van der Waals surface area contributed by atoms with Gasteiger partial charge in [-0.25, -0.2) is 8.42 Å². The molecule has 0 spiro atoms. The van der Waals surface area contributed by atoms with Crippen molar-refractivity contribution in [2.75, 3.05) is 24.2 Å². The summed E-state index contributed by atoms with van der Waals surface area (Å²) in [5, 5.41) is 3.68. The van der Waals surface area contributed by atoms with E-state index in [0.29, 0.717) is 17.0 Å². The average Bonchev–Trinajstić information content (AvgIpc) is 2.94. The van der Waals surface area contributed by atoms with Gasteiger partial charge in [-0.2, -0.15) is 0 Å². The molecule has 8 nitrogen and oxygen atoms in total. The minimum absolute atomic E-state index is 0.0196. The fourth-order valence-corrected chi connectivity index (χ4v) is 5.46. The van der Waals surface area contributed by atoms with Crippen molar-refractivity contribution in [2.24, 2.45) is 0 Å². The Bertz CT molecular complexity index is 1450. The Balaban J connectivity index is 2.11. The Hall–Kier alpha value is -3.27. The van der Waals surface area contributed by atoms with Gasteiger partial charge < -0.3 is 15.0 Å². The summed E-state index contributed by atoms with van der Waals surface area (Å²) >= 11 is 12.7. The van der Waals surface area contributed by atoms with Crippen LogP contribution in [0.5, 0.6) is 5.75 Å². The van der Waals surface area contributed by atoms with Crippen LogP contribution in [0.15, 0.2) is 72.8 Å². The topological polar surface area (TPSA) is 96.0 Å². The number of carbonyl (C=O) groups is 2. The van der Waals surface area contributed by atoms with Crippen LogP contribution in [0.4, 0.5) is 5.69 Å². The molecular weight excluding hydrogens is 585 g/mol. The maximum Gasteiger partial charge on any atom is 0.244 e. The zero-order valence-corrected chi connectivity index (χ0v) is 25.8. The van der Waals surface area contributed by atoms with Crippen LogP contribution < -0.4 is 14.4 Å². The molecule has 0 aliphatic rings. The first-order chi connectivity index (χ1) is 19.4. The van der Waals surface area contributed by atoms with Crippen LogP contribution in [0, 0.1) is 0 Å². The van der Waals surface area contributed by atoms with Crippen LogP contribution in [-0.4, -0.2) is 57.1 Å². The van der Waals surface area contributed by atoms with Gasteiger partial charge in [0, 0.05) is 29.1 Å². The standard InChI is InChI=1S/C30H35Cl2N3O5S/c1-5-21(2)33-30(37)27(17-22-11-7-6-8-12-22)34(19-23-13-9-10-14-25(23)32)29(36)20-35(41(4,38)39)26-18-24(31)15-16-28(26)40-3/h6-16,18,21,27H,5,17,19-20H2,1-4H3,(H,33,37)/t21-,27-/m0/s1. The van der Waals surface area contributed by atoms with Gasteiger partial charge in [0.05, 0.1) is 19.1 Å². The van der Waals surface area contributed by atoms with Crippen molar-refractivity contribution in [1.29, 1.82) is 0 Å². The number of carbonyl (C=O) groups excluding carboxylic acids is 2. The third-order valence-electron chi connectivity index (χ3n) is 6.66. The first-order valence-electron chi connectivity index (χ1n) is 13.1. The highest BCUT2D eigenvalue weighted by Gasteiger charge is 2.34. The summed E-state index contributed by atoms with van der Waals surface area (Å²) in [7, 11) is -2.59. The summed E-state index contributed by atoms with van der Waals surface area (Å²) in [5.74, 6) is -0.729. The molecule has 0 saturated heterocycles. The summed E-state index contributed by atoms with van der Waals surface area (Å²) in [6.45, 7) is 3.22. The van der Waals surface area contributed by atoms with E-state index in [-0.39, 0.29) is 41.4 Å². The first-order valence-corrected chi connectivity index (χ1v) is 15.7. The van der Waals surface area contributed by atoms with E-state index in [1.165, 1.54) is 24.1 Å². The highest BCUT2D eigenvalue weighted by Crippen LogP contribution is 2.33. The van der Waals surface area contributed by atoms with Gasteiger partial charge in [0.15, 0.2) is 0 Å². The lowest BCUT2D eigenvalue weighted by molar-refractivity contribution is -0.140. The van der Waals surface area contributed by atoms with E-state index >= 15 is 0 Å². The summed E-state index contributed by atoms with van der Waals surface area (Å²) < 4.78 is 32.3. The molecule has 0 unspecified atom stereocenters. The molecule has 2 amide bonds. The molecular formula is C30H35Cl2N3O5S. The van der Waals surface area contributed by atoms with Crippen LogP contribution in [0.2, 0.25) is 10.0 Å². The number of hydrogen-bond donors (Lipinski definition) is 1. The molecule has 11 heteroatoms. The van der Waals surface area contributed by atoms with Gasteiger partial charge in [-0.05, 0) is 48.7 Å². The molecule has 3 aromatic rings. The smallest absolute Gasteiger partial charge is 0.244 e. The lowest BCUT2D eigenvalue weighted by Gasteiger charge is -2.34. The zero-order valence-electron chi connectivity index (χ0n) is 23.5. The number of halogens is 2. The summed E-state index contributed by atoms with van der Waals surface area (Å²) in [4.78, 5) is 29.3. The number of anilines is 1. The first kappa shape index (κ1) is 32.2. The van der Waals surface area contributed by atoms with Crippen LogP contribution in [0.25, 0.3) is 0 Å². The van der Waals surface area contributed by atoms with Crippen molar-refractivity contribution < 1.29 is 22.7 Å². The number of methoxy groups -OCH3 is 1. The van der Waals surface area contributed by atoms with E-state index in [2.05, 4.69) is 5.32 Å². The highest BCUT2D eigenvalue weighted by molar-refractivity contribution is 7.92. The summed E-state index contributed by atoms with van der Waals surface area (Å²) in [6, 6.07) is 19.8. The van der Waals surface area contributed by atoms with Crippen molar-refractivity contribution in [3.63, 3.8) is 0 Å². The highest BCUT2D eigenvalue weighted by atomic mass is 35.5. The number of rotatable bonds is 13. The average molecular weight is 621 g/mol. The largest absolute Gasteiger partial charge is 0.495 e. The fraction of sp³-hybridized carbons (Fsp3) is 0.333. The van der Waals surface area contributed by atoms with Crippen LogP contribution in [0.3, 0.4) is 0 Å². The molecule has 41 heavy (non-hydrogen) atoms. The molecule has 2 atom stereocenters. The molecule has 0 aliphatic heterocycles. The molecule has 0 heterocycles. The second-order valence-electron chi connectivity index (χ2n) is 9.72.